The molecule has 0 radical (unpaired) electrons. The third-order valence-corrected chi connectivity index (χ3v) is 4.66. The van der Waals surface area contributed by atoms with Gasteiger partial charge >= 0.3 is 0 Å². The maximum absolute atomic E-state index is 5.91. The van der Waals surface area contributed by atoms with Crippen LogP contribution in [-0.2, 0) is 13.0 Å². The summed E-state index contributed by atoms with van der Waals surface area (Å²) in [6, 6.07) is 19.2. The summed E-state index contributed by atoms with van der Waals surface area (Å²) in [4.78, 5) is 0. The van der Waals surface area contributed by atoms with E-state index in [0.29, 0.717) is 0 Å². The molecule has 2 rings (SSSR count). The van der Waals surface area contributed by atoms with Gasteiger partial charge < -0.3 is 10.1 Å². The van der Waals surface area contributed by atoms with Crippen molar-refractivity contribution in [3.05, 3.63) is 65.7 Å². The number of nitrogens with one attached hydrogen (secondary N) is 1. The van der Waals surface area contributed by atoms with Crippen LogP contribution in [0.25, 0.3) is 0 Å². The van der Waals surface area contributed by atoms with E-state index >= 15 is 0 Å². The lowest BCUT2D eigenvalue weighted by Gasteiger charge is -2.09. The Labute approximate surface area is 160 Å². The average molecular weight is 354 g/mol. The molecule has 2 aromatic carbocycles. The van der Waals surface area contributed by atoms with Crippen LogP contribution in [0.1, 0.15) is 63.0 Å². The van der Waals surface area contributed by atoms with Gasteiger partial charge in [0.1, 0.15) is 5.75 Å². The Morgan fingerprint density at radius 3 is 2.38 bits per heavy atom. The monoisotopic (exact) mass is 353 g/mol. The third kappa shape index (κ3) is 9.05. The molecule has 0 spiro atoms. The van der Waals surface area contributed by atoms with Gasteiger partial charge in [0, 0.05) is 6.54 Å². The van der Waals surface area contributed by atoms with Crippen molar-refractivity contribution >= 4 is 0 Å². The zero-order chi connectivity index (χ0) is 18.3. The molecule has 2 heteroatoms. The van der Waals surface area contributed by atoms with Crippen LogP contribution >= 0.6 is 0 Å². The summed E-state index contributed by atoms with van der Waals surface area (Å²) in [6.07, 6.45) is 10.1. The van der Waals surface area contributed by atoms with E-state index in [1.54, 1.807) is 0 Å². The van der Waals surface area contributed by atoms with Crippen LogP contribution in [0.2, 0.25) is 0 Å². The van der Waals surface area contributed by atoms with E-state index in [9.17, 15) is 0 Å². The van der Waals surface area contributed by atoms with Crippen molar-refractivity contribution in [1.29, 1.82) is 0 Å². The van der Waals surface area contributed by atoms with Crippen molar-refractivity contribution < 1.29 is 4.74 Å². The first-order chi connectivity index (χ1) is 12.9. The normalized spacial score (nSPS) is 10.8. The van der Waals surface area contributed by atoms with E-state index in [1.807, 2.05) is 0 Å². The molecule has 0 aliphatic carbocycles. The van der Waals surface area contributed by atoms with Crippen LogP contribution in [-0.4, -0.2) is 13.2 Å². The quantitative estimate of drug-likeness (QED) is 0.411. The molecule has 2 aromatic rings. The van der Waals surface area contributed by atoms with Crippen molar-refractivity contribution in [3.63, 3.8) is 0 Å². The smallest absolute Gasteiger partial charge is 0.119 e. The zero-order valence-electron chi connectivity index (χ0n) is 16.4. The largest absolute Gasteiger partial charge is 0.494 e. The predicted molar refractivity (Wildman–Crippen MR) is 112 cm³/mol. The molecule has 0 aromatic heterocycles. The topological polar surface area (TPSA) is 21.3 Å². The van der Waals surface area contributed by atoms with E-state index in [-0.39, 0.29) is 0 Å². The standard InChI is InChI=1S/C24H35NO/c1-2-3-4-5-6-10-19-26-24-17-11-15-23(20-24)21-25-18-12-16-22-13-8-7-9-14-22/h7-9,11,13-15,17,20,25H,2-6,10,12,16,18-19,21H2,1H3. The minimum atomic E-state index is 0.833. The second-order valence-corrected chi connectivity index (χ2v) is 7.03. The first-order valence-corrected chi connectivity index (χ1v) is 10.3. The van der Waals surface area contributed by atoms with Crippen LogP contribution in [0.4, 0.5) is 0 Å². The lowest BCUT2D eigenvalue weighted by Crippen LogP contribution is -2.15. The first-order valence-electron chi connectivity index (χ1n) is 10.3. The number of unbranched alkanes of at least 4 members (excludes halogenated alkanes) is 5. The van der Waals surface area contributed by atoms with Crippen molar-refractivity contribution in [2.24, 2.45) is 0 Å². The Morgan fingerprint density at radius 1 is 0.769 bits per heavy atom. The van der Waals surface area contributed by atoms with E-state index in [2.05, 4.69) is 66.8 Å². The van der Waals surface area contributed by atoms with Crippen molar-refractivity contribution in [2.45, 2.75) is 64.8 Å². The summed E-state index contributed by atoms with van der Waals surface area (Å²) in [7, 11) is 0. The van der Waals surface area contributed by atoms with E-state index < -0.39 is 0 Å². The number of rotatable bonds is 14. The number of aryl methyl sites for hydroxylation is 1. The van der Waals surface area contributed by atoms with Gasteiger partial charge in [-0.25, -0.2) is 0 Å². The van der Waals surface area contributed by atoms with Crippen molar-refractivity contribution in [2.75, 3.05) is 13.2 Å². The van der Waals surface area contributed by atoms with E-state index in [1.165, 1.54) is 43.2 Å². The average Bonchev–Trinajstić information content (AvgIpc) is 2.68. The molecule has 2 nitrogen and oxygen atoms in total. The van der Waals surface area contributed by atoms with E-state index in [0.717, 1.165) is 44.7 Å². The SMILES string of the molecule is CCCCCCCCOc1cccc(CNCCCc2ccccc2)c1. The van der Waals surface area contributed by atoms with Crippen LogP contribution in [0, 0.1) is 0 Å². The first kappa shape index (κ1) is 20.5. The van der Waals surface area contributed by atoms with E-state index in [4.69, 9.17) is 4.74 Å². The maximum atomic E-state index is 5.91. The highest BCUT2D eigenvalue weighted by Gasteiger charge is 1.98. The van der Waals surface area contributed by atoms with Gasteiger partial charge in [0.25, 0.3) is 0 Å². The fourth-order valence-electron chi connectivity index (χ4n) is 3.11. The minimum Gasteiger partial charge on any atom is -0.494 e. The van der Waals surface area contributed by atoms with Gasteiger partial charge in [-0.15, -0.1) is 0 Å². The lowest BCUT2D eigenvalue weighted by atomic mass is 10.1. The van der Waals surface area contributed by atoms with Gasteiger partial charge in [0.2, 0.25) is 0 Å². The Kier molecular flexibility index (Phi) is 10.6. The molecule has 0 saturated heterocycles. The van der Waals surface area contributed by atoms with Crippen LogP contribution in [0.15, 0.2) is 54.6 Å². The van der Waals surface area contributed by atoms with Crippen LogP contribution in [0.3, 0.4) is 0 Å². The third-order valence-electron chi connectivity index (χ3n) is 4.66. The summed E-state index contributed by atoms with van der Waals surface area (Å²) in [5.74, 6) is 1.00. The lowest BCUT2D eigenvalue weighted by molar-refractivity contribution is 0.304. The summed E-state index contributed by atoms with van der Waals surface area (Å²) in [5.41, 5.74) is 2.71. The highest BCUT2D eigenvalue weighted by molar-refractivity contribution is 5.28. The number of benzene rings is 2. The Bertz CT molecular complexity index is 582. The van der Waals surface area contributed by atoms with Gasteiger partial charge in [-0.05, 0) is 49.1 Å². The second-order valence-electron chi connectivity index (χ2n) is 7.03. The molecule has 142 valence electrons. The summed E-state index contributed by atoms with van der Waals surface area (Å²) in [5, 5.41) is 3.54. The molecule has 0 aliphatic rings. The summed E-state index contributed by atoms with van der Waals surface area (Å²) in [6.45, 7) is 5.04. The van der Waals surface area contributed by atoms with Gasteiger partial charge in [-0.3, -0.25) is 0 Å². The molecule has 0 bridgehead atoms. The maximum Gasteiger partial charge on any atom is 0.119 e. The second kappa shape index (κ2) is 13.4. The molecule has 1 N–H and O–H groups in total. The Hall–Kier alpha value is -1.80. The molecular weight excluding hydrogens is 318 g/mol. The fraction of sp³-hybridized carbons (Fsp3) is 0.500. The Balaban J connectivity index is 1.56. The van der Waals surface area contributed by atoms with Gasteiger partial charge in [0.15, 0.2) is 0 Å². The van der Waals surface area contributed by atoms with Crippen molar-refractivity contribution in [3.8, 4) is 5.75 Å². The molecule has 0 saturated carbocycles. The molecule has 0 heterocycles. The highest BCUT2D eigenvalue weighted by atomic mass is 16.5. The molecule has 26 heavy (non-hydrogen) atoms. The number of ether oxygens (including phenoxy) is 1. The van der Waals surface area contributed by atoms with Crippen molar-refractivity contribution in [1.82, 2.24) is 5.32 Å². The molecule has 0 amide bonds. The van der Waals surface area contributed by atoms with Gasteiger partial charge in [-0.1, -0.05) is 81.5 Å². The molecular formula is C24H35NO. The fourth-order valence-corrected chi connectivity index (χ4v) is 3.11. The van der Waals surface area contributed by atoms with Crippen LogP contribution in [0.5, 0.6) is 5.75 Å². The molecule has 0 unspecified atom stereocenters. The van der Waals surface area contributed by atoms with Gasteiger partial charge in [-0.2, -0.15) is 0 Å². The number of hydrogen-bond acceptors (Lipinski definition) is 2. The Morgan fingerprint density at radius 2 is 1.54 bits per heavy atom. The predicted octanol–water partition coefficient (Wildman–Crippen LogP) is 6.15. The molecule has 0 aliphatic heterocycles. The number of hydrogen-bond donors (Lipinski definition) is 1. The zero-order valence-corrected chi connectivity index (χ0v) is 16.4. The van der Waals surface area contributed by atoms with Gasteiger partial charge in [0.05, 0.1) is 6.61 Å². The highest BCUT2D eigenvalue weighted by Crippen LogP contribution is 2.14. The minimum absolute atomic E-state index is 0.833. The van der Waals surface area contributed by atoms with Crippen LogP contribution < -0.4 is 10.1 Å². The summed E-state index contributed by atoms with van der Waals surface area (Å²) >= 11 is 0. The molecule has 0 fully saturated rings. The summed E-state index contributed by atoms with van der Waals surface area (Å²) < 4.78 is 5.91. The molecule has 0 atom stereocenters.